The highest BCUT2D eigenvalue weighted by molar-refractivity contribution is 6.02. The molecular weight excluding hydrogens is 212 g/mol. The number of hydrogen-bond acceptors (Lipinski definition) is 3. The van der Waals surface area contributed by atoms with Crippen molar-refractivity contribution in [3.63, 3.8) is 0 Å². The lowest BCUT2D eigenvalue weighted by molar-refractivity contribution is 0.341. The minimum absolute atomic E-state index is 0.734. The van der Waals surface area contributed by atoms with Crippen LogP contribution in [0.5, 0.6) is 0 Å². The Morgan fingerprint density at radius 3 is 2.71 bits per heavy atom. The van der Waals surface area contributed by atoms with Crippen LogP contribution in [0.25, 0.3) is 0 Å². The molecule has 2 aliphatic heterocycles. The van der Waals surface area contributed by atoms with Crippen LogP contribution in [-0.4, -0.2) is 41.6 Å². The standard InChI is InChI=1S/C13H20N4/c1-11-14-13(7-10-16(11)3)15-12(2)17-8-5-4-6-9-17/h7,10H,1,4-6,8-9H2,2-3H3/b15-12-. The highest BCUT2D eigenvalue weighted by Crippen LogP contribution is 2.11. The first-order valence-electron chi connectivity index (χ1n) is 6.16. The molecule has 1 saturated heterocycles. The summed E-state index contributed by atoms with van der Waals surface area (Å²) in [6, 6.07) is 0. The van der Waals surface area contributed by atoms with Crippen molar-refractivity contribution in [1.29, 1.82) is 0 Å². The first-order chi connectivity index (χ1) is 8.16. The van der Waals surface area contributed by atoms with Gasteiger partial charge in [0.1, 0.15) is 11.7 Å². The minimum Gasteiger partial charge on any atom is -0.360 e. The van der Waals surface area contributed by atoms with Gasteiger partial charge in [-0.15, -0.1) is 0 Å². The molecule has 0 aromatic carbocycles. The van der Waals surface area contributed by atoms with E-state index in [-0.39, 0.29) is 0 Å². The van der Waals surface area contributed by atoms with Crippen molar-refractivity contribution in [2.45, 2.75) is 26.2 Å². The molecule has 0 radical (unpaired) electrons. The number of nitrogens with zero attached hydrogens (tertiary/aromatic N) is 4. The van der Waals surface area contributed by atoms with Crippen molar-refractivity contribution in [2.75, 3.05) is 20.1 Å². The van der Waals surface area contributed by atoms with Crippen molar-refractivity contribution in [2.24, 2.45) is 9.98 Å². The third kappa shape index (κ3) is 2.96. The van der Waals surface area contributed by atoms with Gasteiger partial charge in [-0.1, -0.05) is 6.58 Å². The van der Waals surface area contributed by atoms with E-state index < -0.39 is 0 Å². The Labute approximate surface area is 103 Å². The predicted molar refractivity (Wildman–Crippen MR) is 72.0 cm³/mol. The number of piperidine rings is 1. The van der Waals surface area contributed by atoms with Crippen molar-refractivity contribution < 1.29 is 0 Å². The maximum Gasteiger partial charge on any atom is 0.157 e. The van der Waals surface area contributed by atoms with Crippen LogP contribution in [0.1, 0.15) is 26.2 Å². The first kappa shape index (κ1) is 11.9. The summed E-state index contributed by atoms with van der Waals surface area (Å²) in [5, 5.41) is 0. The molecule has 0 N–H and O–H groups in total. The molecule has 0 unspecified atom stereocenters. The minimum atomic E-state index is 0.734. The second-order valence-corrected chi connectivity index (χ2v) is 4.52. The fraction of sp³-hybridized carbons (Fsp3) is 0.538. The average Bonchev–Trinajstić information content (AvgIpc) is 2.35. The topological polar surface area (TPSA) is 31.2 Å². The molecule has 2 heterocycles. The summed E-state index contributed by atoms with van der Waals surface area (Å²) in [5.41, 5.74) is 0. The monoisotopic (exact) mass is 232 g/mol. The van der Waals surface area contributed by atoms with Crippen molar-refractivity contribution in [1.82, 2.24) is 9.80 Å². The molecule has 0 spiro atoms. The second kappa shape index (κ2) is 5.17. The highest BCUT2D eigenvalue weighted by Gasteiger charge is 2.12. The fourth-order valence-electron chi connectivity index (χ4n) is 2.03. The summed E-state index contributed by atoms with van der Waals surface area (Å²) in [5.74, 6) is 2.54. The van der Waals surface area contributed by atoms with Gasteiger partial charge in [0, 0.05) is 26.3 Å². The predicted octanol–water partition coefficient (Wildman–Crippen LogP) is 2.22. The molecule has 17 heavy (non-hydrogen) atoms. The summed E-state index contributed by atoms with van der Waals surface area (Å²) in [7, 11) is 1.93. The Morgan fingerprint density at radius 2 is 2.06 bits per heavy atom. The number of amidine groups is 2. The summed E-state index contributed by atoms with van der Waals surface area (Å²) in [6.45, 7) is 8.16. The zero-order valence-electron chi connectivity index (χ0n) is 10.7. The molecule has 1 fully saturated rings. The zero-order chi connectivity index (χ0) is 12.3. The molecule has 92 valence electrons. The van der Waals surface area contributed by atoms with Crippen molar-refractivity contribution in [3.8, 4) is 0 Å². The zero-order valence-corrected chi connectivity index (χ0v) is 10.7. The van der Waals surface area contributed by atoms with Gasteiger partial charge in [0.25, 0.3) is 0 Å². The van der Waals surface area contributed by atoms with E-state index in [0.29, 0.717) is 0 Å². The fourth-order valence-corrected chi connectivity index (χ4v) is 2.03. The van der Waals surface area contributed by atoms with E-state index >= 15 is 0 Å². The Hall–Kier alpha value is -1.58. The molecule has 4 nitrogen and oxygen atoms in total. The van der Waals surface area contributed by atoms with Crippen LogP contribution in [0.2, 0.25) is 0 Å². The van der Waals surface area contributed by atoms with Crippen LogP contribution in [0.4, 0.5) is 0 Å². The van der Waals surface area contributed by atoms with Gasteiger partial charge in [-0.05, 0) is 32.3 Å². The molecule has 0 amide bonds. The van der Waals surface area contributed by atoms with E-state index in [9.17, 15) is 0 Å². The lowest BCUT2D eigenvalue weighted by atomic mass is 10.1. The van der Waals surface area contributed by atoms with Crippen LogP contribution in [0.15, 0.2) is 34.7 Å². The maximum absolute atomic E-state index is 4.56. The lowest BCUT2D eigenvalue weighted by Crippen LogP contribution is -2.34. The van der Waals surface area contributed by atoms with Crippen LogP contribution >= 0.6 is 0 Å². The van der Waals surface area contributed by atoms with E-state index in [1.54, 1.807) is 0 Å². The molecule has 2 aliphatic rings. The summed E-state index contributed by atoms with van der Waals surface area (Å²) in [4.78, 5) is 13.1. The van der Waals surface area contributed by atoms with Gasteiger partial charge in [0.05, 0.1) is 0 Å². The van der Waals surface area contributed by atoms with Crippen molar-refractivity contribution >= 4 is 11.7 Å². The Morgan fingerprint density at radius 1 is 1.35 bits per heavy atom. The lowest BCUT2D eigenvalue weighted by Gasteiger charge is -2.28. The third-order valence-corrected chi connectivity index (χ3v) is 3.19. The van der Waals surface area contributed by atoms with Gasteiger partial charge in [-0.3, -0.25) is 0 Å². The Kier molecular flexibility index (Phi) is 3.61. The second-order valence-electron chi connectivity index (χ2n) is 4.52. The Balaban J connectivity index is 2.06. The average molecular weight is 232 g/mol. The normalized spacial score (nSPS) is 21.9. The largest absolute Gasteiger partial charge is 0.360 e. The van der Waals surface area contributed by atoms with Crippen LogP contribution < -0.4 is 0 Å². The molecule has 0 aromatic heterocycles. The summed E-state index contributed by atoms with van der Waals surface area (Å²) < 4.78 is 0. The third-order valence-electron chi connectivity index (χ3n) is 3.19. The molecule has 0 saturated carbocycles. The van der Waals surface area contributed by atoms with E-state index in [1.165, 1.54) is 19.3 Å². The van der Waals surface area contributed by atoms with Crippen LogP contribution in [0.3, 0.4) is 0 Å². The molecule has 0 atom stereocenters. The first-order valence-corrected chi connectivity index (χ1v) is 6.16. The smallest absolute Gasteiger partial charge is 0.157 e. The molecular formula is C13H20N4. The summed E-state index contributed by atoms with van der Waals surface area (Å²) in [6.07, 6.45) is 7.74. The quantitative estimate of drug-likeness (QED) is 0.473. The number of hydrogen-bond donors (Lipinski definition) is 0. The van der Waals surface area contributed by atoms with Crippen LogP contribution in [0, 0.1) is 0 Å². The molecule has 0 aliphatic carbocycles. The molecule has 0 aromatic rings. The molecule has 4 heteroatoms. The van der Waals surface area contributed by atoms with Gasteiger partial charge in [0.15, 0.2) is 5.84 Å². The van der Waals surface area contributed by atoms with Crippen molar-refractivity contribution in [3.05, 3.63) is 24.7 Å². The van der Waals surface area contributed by atoms with E-state index in [2.05, 4.69) is 28.4 Å². The van der Waals surface area contributed by atoms with E-state index in [4.69, 9.17) is 0 Å². The van der Waals surface area contributed by atoms with E-state index in [1.807, 2.05) is 24.2 Å². The summed E-state index contributed by atoms with van der Waals surface area (Å²) >= 11 is 0. The maximum atomic E-state index is 4.56. The van der Waals surface area contributed by atoms with Gasteiger partial charge in [0.2, 0.25) is 0 Å². The van der Waals surface area contributed by atoms with Crippen LogP contribution in [-0.2, 0) is 0 Å². The van der Waals surface area contributed by atoms with Gasteiger partial charge < -0.3 is 9.80 Å². The highest BCUT2D eigenvalue weighted by atomic mass is 15.2. The van der Waals surface area contributed by atoms with Gasteiger partial charge in [-0.25, -0.2) is 9.98 Å². The van der Waals surface area contributed by atoms with Gasteiger partial charge >= 0.3 is 0 Å². The van der Waals surface area contributed by atoms with Gasteiger partial charge in [-0.2, -0.15) is 0 Å². The van der Waals surface area contributed by atoms with E-state index in [0.717, 1.165) is 30.6 Å². The number of likely N-dealkylation sites (tertiary alicyclic amines) is 1. The Bertz CT molecular complexity index is 386. The molecule has 2 rings (SSSR count). The number of aliphatic imine (C=N–C) groups is 2. The molecule has 0 bridgehead atoms. The SMILES string of the molecule is C=C1N=C(/N=C(/C)N2CCCCC2)C=CN1C. The number of rotatable bonds is 0.